The summed E-state index contributed by atoms with van der Waals surface area (Å²) in [5.74, 6) is 1.15. The van der Waals surface area contributed by atoms with Gasteiger partial charge in [0.2, 0.25) is 0 Å². The van der Waals surface area contributed by atoms with Gasteiger partial charge in [0, 0.05) is 19.3 Å². The van der Waals surface area contributed by atoms with Crippen molar-refractivity contribution in [2.75, 3.05) is 27.2 Å². The second-order valence-electron chi connectivity index (χ2n) is 5.35. The van der Waals surface area contributed by atoms with Crippen molar-refractivity contribution in [2.24, 2.45) is 5.92 Å². The lowest BCUT2D eigenvalue weighted by Crippen LogP contribution is -2.33. The van der Waals surface area contributed by atoms with Crippen LogP contribution < -0.4 is 5.32 Å². The summed E-state index contributed by atoms with van der Waals surface area (Å²) < 4.78 is 0. The Labute approximate surface area is 114 Å². The molecule has 0 saturated carbocycles. The Kier molecular flexibility index (Phi) is 4.47. The van der Waals surface area contributed by atoms with Gasteiger partial charge >= 0.3 is 0 Å². The molecule has 0 bridgehead atoms. The fourth-order valence-electron chi connectivity index (χ4n) is 2.71. The highest BCUT2D eigenvalue weighted by atomic mass is 16.1. The summed E-state index contributed by atoms with van der Waals surface area (Å²) in [6, 6.07) is 1.82. The molecule has 0 radical (unpaired) electrons. The molecule has 0 spiro atoms. The van der Waals surface area contributed by atoms with Crippen LogP contribution in [0.15, 0.2) is 6.07 Å². The molecule has 104 valence electrons. The number of nitrogens with one attached hydrogen (secondary N) is 1. The minimum atomic E-state index is -0.146. The average Bonchev–Trinajstić information content (AvgIpc) is 2.37. The normalized spacial score (nSPS) is 20.3. The van der Waals surface area contributed by atoms with Crippen LogP contribution >= 0.6 is 0 Å². The average molecular weight is 262 g/mol. The van der Waals surface area contributed by atoms with Crippen LogP contribution in [0.5, 0.6) is 0 Å². The molecule has 1 aromatic heterocycles. The predicted octanol–water partition coefficient (Wildman–Crippen LogP) is 1.03. The van der Waals surface area contributed by atoms with Gasteiger partial charge in [-0.25, -0.2) is 9.97 Å². The van der Waals surface area contributed by atoms with Crippen LogP contribution in [0.2, 0.25) is 0 Å². The first-order valence-corrected chi connectivity index (χ1v) is 6.83. The van der Waals surface area contributed by atoms with Crippen LogP contribution in [0, 0.1) is 12.8 Å². The fraction of sp³-hybridized carbons (Fsp3) is 0.643. The van der Waals surface area contributed by atoms with Crippen LogP contribution in [0.4, 0.5) is 0 Å². The van der Waals surface area contributed by atoms with E-state index in [1.54, 1.807) is 7.05 Å². The molecule has 1 aliphatic heterocycles. The standard InChI is InChI=1S/C14H22N4O/c1-10-16-12(8-13(17-10)14(19)15-2)7-11-5-4-6-18(3)9-11/h8,11H,4-7,9H2,1-3H3,(H,15,19)/t11-/m0/s1. The topological polar surface area (TPSA) is 58.1 Å². The highest BCUT2D eigenvalue weighted by Crippen LogP contribution is 2.19. The van der Waals surface area contributed by atoms with Crippen LogP contribution in [0.1, 0.15) is 34.8 Å². The van der Waals surface area contributed by atoms with E-state index in [4.69, 9.17) is 0 Å². The van der Waals surface area contributed by atoms with Gasteiger partial charge in [0.15, 0.2) is 0 Å². The largest absolute Gasteiger partial charge is 0.354 e. The number of hydrogen-bond acceptors (Lipinski definition) is 4. The Morgan fingerprint density at radius 3 is 3.00 bits per heavy atom. The highest BCUT2D eigenvalue weighted by molar-refractivity contribution is 5.92. The predicted molar refractivity (Wildman–Crippen MR) is 74.1 cm³/mol. The van der Waals surface area contributed by atoms with Gasteiger partial charge in [0.25, 0.3) is 5.91 Å². The van der Waals surface area contributed by atoms with Gasteiger partial charge in [-0.05, 0) is 51.8 Å². The molecule has 1 aliphatic rings. The van der Waals surface area contributed by atoms with Crippen molar-refractivity contribution in [1.82, 2.24) is 20.2 Å². The van der Waals surface area contributed by atoms with Crippen LogP contribution in [-0.2, 0) is 6.42 Å². The number of aromatic nitrogens is 2. The maximum atomic E-state index is 11.7. The molecule has 5 nitrogen and oxygen atoms in total. The van der Waals surface area contributed by atoms with Gasteiger partial charge in [-0.15, -0.1) is 0 Å². The second-order valence-corrected chi connectivity index (χ2v) is 5.35. The molecular formula is C14H22N4O. The van der Waals surface area contributed by atoms with Gasteiger partial charge in [-0.3, -0.25) is 4.79 Å². The van der Waals surface area contributed by atoms with Crippen LogP contribution in [-0.4, -0.2) is 48.0 Å². The third kappa shape index (κ3) is 3.73. The number of carbonyl (C=O) groups is 1. The first-order chi connectivity index (χ1) is 9.08. The van der Waals surface area contributed by atoms with Crippen molar-refractivity contribution in [2.45, 2.75) is 26.2 Å². The first-order valence-electron chi connectivity index (χ1n) is 6.83. The number of hydrogen-bond donors (Lipinski definition) is 1. The van der Waals surface area contributed by atoms with E-state index >= 15 is 0 Å². The van der Waals surface area contributed by atoms with E-state index < -0.39 is 0 Å². The molecule has 1 amide bonds. The first kappa shape index (κ1) is 13.9. The van der Waals surface area contributed by atoms with Crippen molar-refractivity contribution in [1.29, 1.82) is 0 Å². The van der Waals surface area contributed by atoms with Gasteiger partial charge in [-0.2, -0.15) is 0 Å². The molecule has 1 fully saturated rings. The van der Waals surface area contributed by atoms with Gasteiger partial charge in [-0.1, -0.05) is 0 Å². The molecule has 19 heavy (non-hydrogen) atoms. The quantitative estimate of drug-likeness (QED) is 0.884. The molecule has 0 aliphatic carbocycles. The van der Waals surface area contributed by atoms with Crippen molar-refractivity contribution < 1.29 is 4.79 Å². The van der Waals surface area contributed by atoms with E-state index in [1.807, 2.05) is 13.0 Å². The SMILES string of the molecule is CNC(=O)c1cc(C[C@@H]2CCCN(C)C2)nc(C)n1. The zero-order chi connectivity index (χ0) is 13.8. The highest BCUT2D eigenvalue weighted by Gasteiger charge is 2.19. The molecule has 1 aromatic rings. The summed E-state index contributed by atoms with van der Waals surface area (Å²) in [5, 5.41) is 2.61. The summed E-state index contributed by atoms with van der Waals surface area (Å²) in [6.07, 6.45) is 3.41. The van der Waals surface area contributed by atoms with E-state index in [0.717, 1.165) is 18.7 Å². The lowest BCUT2D eigenvalue weighted by atomic mass is 9.93. The monoisotopic (exact) mass is 262 g/mol. The van der Waals surface area contributed by atoms with Crippen molar-refractivity contribution in [3.8, 4) is 0 Å². The third-order valence-corrected chi connectivity index (χ3v) is 3.57. The lowest BCUT2D eigenvalue weighted by Gasteiger charge is -2.29. The van der Waals surface area contributed by atoms with E-state index in [2.05, 4.69) is 27.2 Å². The summed E-state index contributed by atoms with van der Waals surface area (Å²) in [7, 11) is 3.78. The van der Waals surface area contributed by atoms with Gasteiger partial charge in [0.05, 0.1) is 0 Å². The Bertz CT molecular complexity index is 461. The Morgan fingerprint density at radius 2 is 2.32 bits per heavy atom. The Hall–Kier alpha value is -1.49. The van der Waals surface area contributed by atoms with E-state index in [0.29, 0.717) is 17.4 Å². The third-order valence-electron chi connectivity index (χ3n) is 3.57. The molecule has 1 atom stereocenters. The number of carbonyl (C=O) groups excluding carboxylic acids is 1. The molecule has 0 unspecified atom stereocenters. The zero-order valence-electron chi connectivity index (χ0n) is 11.9. The van der Waals surface area contributed by atoms with Crippen molar-refractivity contribution in [3.63, 3.8) is 0 Å². The smallest absolute Gasteiger partial charge is 0.269 e. The van der Waals surface area contributed by atoms with E-state index in [-0.39, 0.29) is 5.91 Å². The van der Waals surface area contributed by atoms with Gasteiger partial charge < -0.3 is 10.2 Å². The zero-order valence-corrected chi connectivity index (χ0v) is 11.9. The Morgan fingerprint density at radius 1 is 1.53 bits per heavy atom. The minimum absolute atomic E-state index is 0.146. The Balaban J connectivity index is 2.11. The van der Waals surface area contributed by atoms with Crippen molar-refractivity contribution in [3.05, 3.63) is 23.3 Å². The van der Waals surface area contributed by atoms with E-state index in [9.17, 15) is 4.79 Å². The molecule has 0 aromatic carbocycles. The van der Waals surface area contributed by atoms with E-state index in [1.165, 1.54) is 19.4 Å². The number of amides is 1. The van der Waals surface area contributed by atoms with Crippen molar-refractivity contribution >= 4 is 5.91 Å². The molecule has 2 heterocycles. The van der Waals surface area contributed by atoms with Crippen LogP contribution in [0.3, 0.4) is 0 Å². The number of rotatable bonds is 3. The molecular weight excluding hydrogens is 240 g/mol. The maximum absolute atomic E-state index is 11.7. The second kappa shape index (κ2) is 6.10. The van der Waals surface area contributed by atoms with Crippen LogP contribution in [0.25, 0.3) is 0 Å². The minimum Gasteiger partial charge on any atom is -0.354 e. The number of likely N-dealkylation sites (tertiary alicyclic amines) is 1. The number of nitrogens with zero attached hydrogens (tertiary/aromatic N) is 3. The summed E-state index contributed by atoms with van der Waals surface area (Å²) in [5.41, 5.74) is 1.44. The molecule has 1 N–H and O–H groups in total. The molecule has 2 rings (SSSR count). The fourth-order valence-corrected chi connectivity index (χ4v) is 2.71. The summed E-state index contributed by atoms with van der Waals surface area (Å²) in [4.78, 5) is 22.7. The summed E-state index contributed by atoms with van der Waals surface area (Å²) in [6.45, 7) is 4.13. The summed E-state index contributed by atoms with van der Waals surface area (Å²) >= 11 is 0. The molecule has 1 saturated heterocycles. The van der Waals surface area contributed by atoms with Gasteiger partial charge in [0.1, 0.15) is 11.5 Å². The molecule has 5 heteroatoms. The number of aryl methyl sites for hydroxylation is 1. The number of piperidine rings is 1. The maximum Gasteiger partial charge on any atom is 0.269 e. The lowest BCUT2D eigenvalue weighted by molar-refractivity contribution is 0.0957.